The van der Waals surface area contributed by atoms with Gasteiger partial charge < -0.3 is 10.6 Å². The number of anilines is 1. The number of carbonyl (C=O) groups is 1. The Morgan fingerprint density at radius 3 is 2.55 bits per heavy atom. The van der Waals surface area contributed by atoms with Gasteiger partial charge in [-0.25, -0.2) is 0 Å². The zero-order valence-electron chi connectivity index (χ0n) is 12.9. The maximum absolute atomic E-state index is 11.8. The summed E-state index contributed by atoms with van der Waals surface area (Å²) in [5, 5.41) is 6.90. The highest BCUT2D eigenvalue weighted by Gasteiger charge is 2.04. The van der Waals surface area contributed by atoms with Gasteiger partial charge in [0, 0.05) is 30.2 Å². The van der Waals surface area contributed by atoms with Crippen molar-refractivity contribution in [1.29, 1.82) is 0 Å². The zero-order valence-corrected chi connectivity index (χ0v) is 13.7. The minimum Gasteiger partial charge on any atom is -0.384 e. The van der Waals surface area contributed by atoms with E-state index >= 15 is 0 Å². The molecule has 0 heterocycles. The summed E-state index contributed by atoms with van der Waals surface area (Å²) in [6.07, 6.45) is 0.428. The van der Waals surface area contributed by atoms with Crippen LogP contribution in [-0.4, -0.2) is 12.5 Å². The molecule has 0 saturated heterocycles. The summed E-state index contributed by atoms with van der Waals surface area (Å²) in [5.74, 6) is 0.0350. The van der Waals surface area contributed by atoms with Gasteiger partial charge in [-0.1, -0.05) is 47.5 Å². The smallest absolute Gasteiger partial charge is 0.222 e. The van der Waals surface area contributed by atoms with Crippen molar-refractivity contribution in [3.05, 3.63) is 64.2 Å². The Morgan fingerprint density at radius 1 is 1.09 bits per heavy atom. The van der Waals surface area contributed by atoms with Gasteiger partial charge >= 0.3 is 0 Å². The van der Waals surface area contributed by atoms with Gasteiger partial charge in [0.25, 0.3) is 0 Å². The van der Waals surface area contributed by atoms with Crippen LogP contribution in [-0.2, 0) is 11.3 Å². The van der Waals surface area contributed by atoms with Crippen LogP contribution in [0, 0.1) is 13.8 Å². The Morgan fingerprint density at radius 2 is 1.82 bits per heavy atom. The van der Waals surface area contributed by atoms with Gasteiger partial charge in [0.05, 0.1) is 0 Å². The second kappa shape index (κ2) is 7.85. The van der Waals surface area contributed by atoms with Crippen molar-refractivity contribution in [3.8, 4) is 0 Å². The highest BCUT2D eigenvalue weighted by Crippen LogP contribution is 2.22. The number of amides is 1. The fourth-order valence-corrected chi connectivity index (χ4v) is 2.28. The Hall–Kier alpha value is -2.00. The number of hydrogen-bond acceptors (Lipinski definition) is 2. The first-order valence-electron chi connectivity index (χ1n) is 7.37. The van der Waals surface area contributed by atoms with Gasteiger partial charge in [0.15, 0.2) is 0 Å². The van der Waals surface area contributed by atoms with E-state index in [0.29, 0.717) is 19.5 Å². The van der Waals surface area contributed by atoms with Crippen LogP contribution in [0.5, 0.6) is 0 Å². The fraction of sp³-hybridized carbons (Fsp3) is 0.278. The molecule has 0 atom stereocenters. The van der Waals surface area contributed by atoms with E-state index in [-0.39, 0.29) is 5.91 Å². The number of aryl methyl sites for hydroxylation is 1. The Bertz CT molecular complexity index is 638. The van der Waals surface area contributed by atoms with E-state index in [0.717, 1.165) is 21.8 Å². The van der Waals surface area contributed by atoms with Crippen molar-refractivity contribution in [2.24, 2.45) is 0 Å². The van der Waals surface area contributed by atoms with Crippen LogP contribution in [0.15, 0.2) is 42.5 Å². The highest BCUT2D eigenvalue weighted by atomic mass is 35.5. The zero-order chi connectivity index (χ0) is 15.9. The van der Waals surface area contributed by atoms with Gasteiger partial charge in [-0.05, 0) is 37.1 Å². The number of halogens is 1. The molecular weight excluding hydrogens is 296 g/mol. The predicted molar refractivity (Wildman–Crippen MR) is 92.3 cm³/mol. The van der Waals surface area contributed by atoms with E-state index in [9.17, 15) is 4.79 Å². The molecule has 0 radical (unpaired) electrons. The van der Waals surface area contributed by atoms with E-state index in [1.165, 1.54) is 5.56 Å². The number of benzene rings is 2. The second-order valence-electron chi connectivity index (χ2n) is 5.35. The van der Waals surface area contributed by atoms with Crippen molar-refractivity contribution in [2.45, 2.75) is 26.8 Å². The van der Waals surface area contributed by atoms with Crippen molar-refractivity contribution >= 4 is 23.2 Å². The second-order valence-corrected chi connectivity index (χ2v) is 5.76. The van der Waals surface area contributed by atoms with Crippen molar-refractivity contribution in [3.63, 3.8) is 0 Å². The molecule has 3 nitrogen and oxygen atoms in total. The monoisotopic (exact) mass is 316 g/mol. The van der Waals surface area contributed by atoms with E-state index in [4.69, 9.17) is 11.6 Å². The minimum absolute atomic E-state index is 0.0350. The quantitative estimate of drug-likeness (QED) is 0.843. The third-order valence-corrected chi connectivity index (χ3v) is 3.95. The molecule has 2 rings (SSSR count). The lowest BCUT2D eigenvalue weighted by atomic mass is 10.1. The van der Waals surface area contributed by atoms with Crippen LogP contribution in [0.1, 0.15) is 23.1 Å². The van der Waals surface area contributed by atoms with Crippen molar-refractivity contribution in [1.82, 2.24) is 5.32 Å². The highest BCUT2D eigenvalue weighted by molar-refractivity contribution is 6.31. The molecule has 0 bridgehead atoms. The summed E-state index contributed by atoms with van der Waals surface area (Å²) < 4.78 is 0. The lowest BCUT2D eigenvalue weighted by Gasteiger charge is -2.11. The number of carbonyl (C=O) groups excluding carboxylic acids is 1. The first kappa shape index (κ1) is 16.4. The molecule has 116 valence electrons. The van der Waals surface area contributed by atoms with Crippen LogP contribution in [0.2, 0.25) is 5.02 Å². The molecule has 0 aliphatic rings. The van der Waals surface area contributed by atoms with Crippen LogP contribution in [0.25, 0.3) is 0 Å². The minimum atomic E-state index is 0.0350. The van der Waals surface area contributed by atoms with Crippen LogP contribution in [0.4, 0.5) is 5.69 Å². The van der Waals surface area contributed by atoms with Crippen LogP contribution >= 0.6 is 11.6 Å². The third kappa shape index (κ3) is 4.78. The molecule has 0 unspecified atom stereocenters. The molecular formula is C18H21ClN2O. The molecule has 0 aliphatic heterocycles. The molecule has 0 spiro atoms. The molecule has 2 aromatic carbocycles. The summed E-state index contributed by atoms with van der Waals surface area (Å²) in [7, 11) is 0. The van der Waals surface area contributed by atoms with Crippen LogP contribution in [0.3, 0.4) is 0 Å². The number of hydrogen-bond donors (Lipinski definition) is 2. The fourth-order valence-electron chi connectivity index (χ4n) is 2.10. The lowest BCUT2D eigenvalue weighted by Crippen LogP contribution is -2.24. The standard InChI is InChI=1S/C18H21ClN2O/c1-13-6-8-15(9-7-13)12-21-18(22)10-11-20-17-5-3-4-16(19)14(17)2/h3-9,20H,10-12H2,1-2H3,(H,21,22). The summed E-state index contributed by atoms with van der Waals surface area (Å²) in [5.41, 5.74) is 4.30. The van der Waals surface area contributed by atoms with E-state index < -0.39 is 0 Å². The maximum Gasteiger partial charge on any atom is 0.222 e. The Kier molecular flexibility index (Phi) is 5.84. The van der Waals surface area contributed by atoms with Gasteiger partial charge in [-0.2, -0.15) is 0 Å². The molecule has 22 heavy (non-hydrogen) atoms. The molecule has 0 aliphatic carbocycles. The summed E-state index contributed by atoms with van der Waals surface area (Å²) in [6, 6.07) is 13.9. The van der Waals surface area contributed by atoms with Crippen LogP contribution < -0.4 is 10.6 Å². The first-order valence-corrected chi connectivity index (χ1v) is 7.75. The van der Waals surface area contributed by atoms with Crippen molar-refractivity contribution < 1.29 is 4.79 Å². The van der Waals surface area contributed by atoms with Gasteiger partial charge in [0.1, 0.15) is 0 Å². The normalized spacial score (nSPS) is 10.3. The summed E-state index contributed by atoms with van der Waals surface area (Å²) in [6.45, 7) is 5.16. The number of rotatable bonds is 6. The van der Waals surface area contributed by atoms with Crippen molar-refractivity contribution in [2.75, 3.05) is 11.9 Å². The summed E-state index contributed by atoms with van der Waals surface area (Å²) >= 11 is 6.06. The molecule has 1 amide bonds. The summed E-state index contributed by atoms with van der Waals surface area (Å²) in [4.78, 5) is 11.8. The van der Waals surface area contributed by atoms with Gasteiger partial charge in [-0.3, -0.25) is 4.79 Å². The average Bonchev–Trinajstić information content (AvgIpc) is 2.51. The Labute approximate surface area is 136 Å². The molecule has 0 aromatic heterocycles. The SMILES string of the molecule is Cc1ccc(CNC(=O)CCNc2cccc(Cl)c2C)cc1. The average molecular weight is 317 g/mol. The molecule has 0 fully saturated rings. The maximum atomic E-state index is 11.8. The number of nitrogens with one attached hydrogen (secondary N) is 2. The topological polar surface area (TPSA) is 41.1 Å². The predicted octanol–water partition coefficient (Wildman–Crippen LogP) is 4.08. The van der Waals surface area contributed by atoms with E-state index in [2.05, 4.69) is 10.6 Å². The van der Waals surface area contributed by atoms with Gasteiger partial charge in [0.2, 0.25) is 5.91 Å². The largest absolute Gasteiger partial charge is 0.384 e. The molecule has 0 saturated carbocycles. The Balaban J connectivity index is 1.74. The lowest BCUT2D eigenvalue weighted by molar-refractivity contribution is -0.121. The third-order valence-electron chi connectivity index (χ3n) is 3.55. The van der Waals surface area contributed by atoms with Gasteiger partial charge in [-0.15, -0.1) is 0 Å². The molecule has 2 aromatic rings. The molecule has 4 heteroatoms. The molecule has 2 N–H and O–H groups in total. The van der Waals surface area contributed by atoms with E-state index in [1.807, 2.05) is 56.3 Å². The van der Waals surface area contributed by atoms with E-state index in [1.54, 1.807) is 0 Å². The first-order chi connectivity index (χ1) is 10.6.